The van der Waals surface area contributed by atoms with E-state index in [1.807, 2.05) is 6.07 Å². The molecule has 0 saturated carbocycles. The Morgan fingerprint density at radius 2 is 1.93 bits per heavy atom. The summed E-state index contributed by atoms with van der Waals surface area (Å²) < 4.78 is 12.1. The molecule has 2 N–H and O–H groups in total. The molecule has 0 bridgehead atoms. The van der Waals surface area contributed by atoms with Gasteiger partial charge in [-0.2, -0.15) is 0 Å². The van der Waals surface area contributed by atoms with Crippen molar-refractivity contribution in [2.24, 2.45) is 5.92 Å². The molecule has 1 heterocycles. The van der Waals surface area contributed by atoms with Crippen molar-refractivity contribution in [1.82, 2.24) is 5.32 Å². The molecule has 2 aromatic rings. The Labute approximate surface area is 185 Å². The van der Waals surface area contributed by atoms with Gasteiger partial charge in [0.2, 0.25) is 0 Å². The van der Waals surface area contributed by atoms with Gasteiger partial charge in [0.15, 0.2) is 0 Å². The number of carbonyl (C=O) groups excluding carboxylic acids is 2. The molecule has 1 unspecified atom stereocenters. The second kappa shape index (κ2) is 10.6. The first-order valence-electron chi connectivity index (χ1n) is 10.2. The smallest absolute Gasteiger partial charge is 0.259 e. The van der Waals surface area contributed by atoms with Crippen LogP contribution in [-0.4, -0.2) is 37.7 Å². The molecule has 1 fully saturated rings. The number of anilines is 1. The fourth-order valence-corrected chi connectivity index (χ4v) is 3.44. The lowest BCUT2D eigenvalue weighted by Gasteiger charge is -2.14. The van der Waals surface area contributed by atoms with E-state index in [9.17, 15) is 9.59 Å². The second-order valence-electron chi connectivity index (χ2n) is 7.72. The van der Waals surface area contributed by atoms with Crippen LogP contribution in [0, 0.1) is 5.92 Å². The lowest BCUT2D eigenvalue weighted by Crippen LogP contribution is -2.31. The summed E-state index contributed by atoms with van der Waals surface area (Å²) in [6, 6.07) is 12.2. The summed E-state index contributed by atoms with van der Waals surface area (Å²) in [5, 5.41) is 5.76. The van der Waals surface area contributed by atoms with E-state index in [0.717, 1.165) is 23.9 Å². The van der Waals surface area contributed by atoms with E-state index >= 15 is 0 Å². The topological polar surface area (TPSA) is 76.7 Å². The molecular formula is C23H27BrN2O4. The van der Waals surface area contributed by atoms with Crippen LogP contribution in [0.4, 0.5) is 5.69 Å². The number of hydrogen-bond donors (Lipinski definition) is 2. The molecule has 2 amide bonds. The zero-order valence-electron chi connectivity index (χ0n) is 17.2. The number of carbonyl (C=O) groups is 2. The summed E-state index contributed by atoms with van der Waals surface area (Å²) in [6.07, 6.45) is 2.12. The minimum absolute atomic E-state index is 0.102. The van der Waals surface area contributed by atoms with E-state index in [1.165, 1.54) is 0 Å². The Bertz CT molecular complexity index is 877. The van der Waals surface area contributed by atoms with Gasteiger partial charge in [-0.05, 0) is 61.2 Å². The lowest BCUT2D eigenvalue weighted by molar-refractivity contribution is 0.0857. The van der Waals surface area contributed by atoms with E-state index in [4.69, 9.17) is 9.47 Å². The zero-order valence-corrected chi connectivity index (χ0v) is 18.8. The average molecular weight is 475 g/mol. The molecule has 160 valence electrons. The summed E-state index contributed by atoms with van der Waals surface area (Å²) in [5.41, 5.74) is 1.59. The summed E-state index contributed by atoms with van der Waals surface area (Å²) in [7, 11) is 0. The summed E-state index contributed by atoms with van der Waals surface area (Å²) in [5.74, 6) is 0.461. The van der Waals surface area contributed by atoms with Crippen LogP contribution in [0.2, 0.25) is 0 Å². The van der Waals surface area contributed by atoms with Gasteiger partial charge in [0.1, 0.15) is 5.75 Å². The molecule has 7 heteroatoms. The van der Waals surface area contributed by atoms with Crippen molar-refractivity contribution >= 4 is 33.4 Å². The van der Waals surface area contributed by atoms with Crippen molar-refractivity contribution in [3.63, 3.8) is 0 Å². The number of ether oxygens (including phenoxy) is 2. The highest BCUT2D eigenvalue weighted by atomic mass is 79.9. The van der Waals surface area contributed by atoms with E-state index in [-0.39, 0.29) is 17.9 Å². The van der Waals surface area contributed by atoms with Crippen LogP contribution in [0.25, 0.3) is 0 Å². The minimum atomic E-state index is -0.273. The number of rotatable bonds is 8. The van der Waals surface area contributed by atoms with Crippen molar-refractivity contribution < 1.29 is 19.1 Å². The molecule has 6 nitrogen and oxygen atoms in total. The van der Waals surface area contributed by atoms with Crippen LogP contribution in [0.5, 0.6) is 5.75 Å². The third kappa shape index (κ3) is 6.31. The Kier molecular flexibility index (Phi) is 7.87. The molecule has 30 heavy (non-hydrogen) atoms. The van der Waals surface area contributed by atoms with Crippen molar-refractivity contribution in [1.29, 1.82) is 0 Å². The van der Waals surface area contributed by atoms with E-state index < -0.39 is 0 Å². The summed E-state index contributed by atoms with van der Waals surface area (Å²) in [4.78, 5) is 25.1. The molecule has 1 atom stereocenters. The summed E-state index contributed by atoms with van der Waals surface area (Å²) >= 11 is 3.41. The highest BCUT2D eigenvalue weighted by molar-refractivity contribution is 9.10. The van der Waals surface area contributed by atoms with Gasteiger partial charge in [0.25, 0.3) is 11.8 Å². The molecule has 1 saturated heterocycles. The van der Waals surface area contributed by atoms with Gasteiger partial charge in [-0.15, -0.1) is 0 Å². The quantitative estimate of drug-likeness (QED) is 0.583. The predicted octanol–water partition coefficient (Wildman–Crippen LogP) is 4.65. The number of halogens is 1. The fourth-order valence-electron chi connectivity index (χ4n) is 3.08. The normalized spacial score (nSPS) is 15.8. The van der Waals surface area contributed by atoms with Crippen molar-refractivity contribution in [3.05, 3.63) is 58.1 Å². The molecule has 1 aliphatic rings. The third-order valence-corrected chi connectivity index (χ3v) is 5.17. The first-order valence-corrected chi connectivity index (χ1v) is 10.9. The fraction of sp³-hybridized carbons (Fsp3) is 0.391. The van der Waals surface area contributed by atoms with Gasteiger partial charge < -0.3 is 20.1 Å². The van der Waals surface area contributed by atoms with Crippen molar-refractivity contribution in [3.8, 4) is 5.75 Å². The van der Waals surface area contributed by atoms with E-state index in [2.05, 4.69) is 40.4 Å². The Balaban J connectivity index is 1.61. The van der Waals surface area contributed by atoms with Crippen LogP contribution in [0.3, 0.4) is 0 Å². The molecule has 2 aromatic carbocycles. The first-order chi connectivity index (χ1) is 14.4. The molecular weight excluding hydrogens is 448 g/mol. The van der Waals surface area contributed by atoms with Gasteiger partial charge in [0.05, 0.1) is 18.3 Å². The second-order valence-corrected chi connectivity index (χ2v) is 8.64. The molecule has 3 rings (SSSR count). The van der Waals surface area contributed by atoms with Crippen LogP contribution in [0.1, 0.15) is 47.4 Å². The Morgan fingerprint density at radius 3 is 2.60 bits per heavy atom. The van der Waals surface area contributed by atoms with Crippen LogP contribution in [-0.2, 0) is 4.74 Å². The highest BCUT2D eigenvalue weighted by Crippen LogP contribution is 2.25. The predicted molar refractivity (Wildman–Crippen MR) is 120 cm³/mol. The van der Waals surface area contributed by atoms with Crippen LogP contribution in [0.15, 0.2) is 46.9 Å². The van der Waals surface area contributed by atoms with Crippen LogP contribution >= 0.6 is 15.9 Å². The maximum absolute atomic E-state index is 12.8. The molecule has 0 spiro atoms. The maximum atomic E-state index is 12.8. The molecule has 1 aliphatic heterocycles. The molecule has 0 radical (unpaired) electrons. The Hall–Kier alpha value is -2.38. The number of amides is 2. The van der Waals surface area contributed by atoms with Gasteiger partial charge in [-0.25, -0.2) is 0 Å². The number of hydrogen-bond acceptors (Lipinski definition) is 4. The lowest BCUT2D eigenvalue weighted by atomic mass is 10.1. The number of nitrogens with one attached hydrogen (secondary N) is 2. The van der Waals surface area contributed by atoms with Crippen LogP contribution < -0.4 is 15.4 Å². The first kappa shape index (κ1) is 22.3. The molecule has 0 aromatic heterocycles. The van der Waals surface area contributed by atoms with Crippen molar-refractivity contribution in [2.75, 3.05) is 25.1 Å². The highest BCUT2D eigenvalue weighted by Gasteiger charge is 2.17. The maximum Gasteiger partial charge on any atom is 0.259 e. The number of benzene rings is 2. The van der Waals surface area contributed by atoms with Crippen molar-refractivity contribution in [2.45, 2.75) is 32.8 Å². The third-order valence-electron chi connectivity index (χ3n) is 4.68. The van der Waals surface area contributed by atoms with Gasteiger partial charge in [0, 0.05) is 28.9 Å². The largest absolute Gasteiger partial charge is 0.492 e. The monoisotopic (exact) mass is 474 g/mol. The van der Waals surface area contributed by atoms with E-state index in [0.29, 0.717) is 41.6 Å². The van der Waals surface area contributed by atoms with E-state index in [1.54, 1.807) is 36.4 Å². The standard InChI is InChI=1S/C23H27BrN2O4/c1-15(2)14-30-21-10-7-17(24)12-20(21)23(28)26-18-8-5-16(6-9-18)22(27)25-13-19-4-3-11-29-19/h5-10,12,15,19H,3-4,11,13-14H2,1-2H3,(H,25,27)(H,26,28). The SMILES string of the molecule is CC(C)COc1ccc(Br)cc1C(=O)Nc1ccc(C(=O)NCC2CCCO2)cc1. The molecule has 0 aliphatic carbocycles. The van der Waals surface area contributed by atoms with Gasteiger partial charge in [-0.1, -0.05) is 29.8 Å². The average Bonchev–Trinajstić information content (AvgIpc) is 3.25. The Morgan fingerprint density at radius 1 is 1.17 bits per heavy atom. The zero-order chi connectivity index (χ0) is 21.5. The van der Waals surface area contributed by atoms with Gasteiger partial charge in [-0.3, -0.25) is 9.59 Å². The summed E-state index contributed by atoms with van der Waals surface area (Å²) in [6.45, 7) is 5.91. The van der Waals surface area contributed by atoms with Gasteiger partial charge >= 0.3 is 0 Å². The minimum Gasteiger partial charge on any atom is -0.492 e.